The summed E-state index contributed by atoms with van der Waals surface area (Å²) in [6.45, 7) is 6.42. The van der Waals surface area contributed by atoms with E-state index in [0.29, 0.717) is 31.2 Å². The van der Waals surface area contributed by atoms with Crippen molar-refractivity contribution in [1.82, 2.24) is 31.5 Å². The molecule has 4 bridgehead atoms. The Balaban J connectivity index is 0.678. The Morgan fingerprint density at radius 1 is 0.706 bits per heavy atom. The van der Waals surface area contributed by atoms with E-state index in [1.54, 1.807) is 16.7 Å². The standard InChI is InChI=1S/C43H62N6O2/c1-42(2,27-44-40(50)46-31-15-11-29(12-16-31)21-24-43-25-22-37(48-43)35-9-5-6-10-36(35)43)28-45-41(51)47-32-17-13-30(14-18-32)23-26-49-38-19-20-39(49)34-8-4-3-7-33(34)38/h3-10,29-32,37-39,48H,11-28H2,1-2H3,(H2,44,46,50)(H2,45,47,51)/t29?,30?,31?,32?,37-,38-,39+,43+/m0/s1. The summed E-state index contributed by atoms with van der Waals surface area (Å²) in [6.07, 6.45) is 17.9. The van der Waals surface area contributed by atoms with Crippen molar-refractivity contribution in [2.45, 2.75) is 146 Å². The summed E-state index contributed by atoms with van der Waals surface area (Å²) in [7, 11) is 0. The van der Waals surface area contributed by atoms with E-state index in [2.05, 4.69) is 93.9 Å². The van der Waals surface area contributed by atoms with Crippen molar-refractivity contribution >= 4 is 12.1 Å². The van der Waals surface area contributed by atoms with Crippen LogP contribution in [-0.2, 0) is 5.54 Å². The van der Waals surface area contributed by atoms with Crippen LogP contribution in [0.5, 0.6) is 0 Å². The number of fused-ring (bicyclic) bond motifs is 10. The number of nitrogens with one attached hydrogen (secondary N) is 5. The van der Waals surface area contributed by atoms with Gasteiger partial charge in [-0.1, -0.05) is 62.4 Å². The fourth-order valence-corrected chi connectivity index (χ4v) is 11.0. The number of hydrogen-bond donors (Lipinski definition) is 5. The molecular formula is C43H62N6O2. The summed E-state index contributed by atoms with van der Waals surface area (Å²) in [4.78, 5) is 28.4. The molecule has 4 aliphatic heterocycles. The maximum atomic E-state index is 12.8. The number of rotatable bonds is 12. The molecule has 0 radical (unpaired) electrons. The zero-order chi connectivity index (χ0) is 35.0. The topological polar surface area (TPSA) is 97.5 Å². The maximum absolute atomic E-state index is 12.8. The summed E-state index contributed by atoms with van der Waals surface area (Å²) in [5, 5.41) is 16.6. The molecule has 4 amide bonds. The van der Waals surface area contributed by atoms with Crippen LogP contribution in [0.2, 0.25) is 0 Å². The molecule has 2 aliphatic carbocycles. The molecule has 0 spiro atoms. The monoisotopic (exact) mass is 694 g/mol. The number of carbonyl (C=O) groups is 2. The van der Waals surface area contributed by atoms with Crippen LogP contribution in [0.15, 0.2) is 48.5 Å². The van der Waals surface area contributed by atoms with Crippen molar-refractivity contribution in [3.63, 3.8) is 0 Å². The second kappa shape index (κ2) is 14.7. The number of amides is 4. The Bertz CT molecular complexity index is 1510. The molecule has 2 saturated carbocycles. The van der Waals surface area contributed by atoms with Crippen LogP contribution in [0.1, 0.15) is 151 Å². The minimum atomic E-state index is -0.246. The number of nitrogens with zero attached hydrogens (tertiary/aromatic N) is 1. The van der Waals surface area contributed by atoms with Crippen molar-refractivity contribution < 1.29 is 9.59 Å². The van der Waals surface area contributed by atoms with E-state index in [9.17, 15) is 9.59 Å². The van der Waals surface area contributed by atoms with Gasteiger partial charge in [-0.15, -0.1) is 0 Å². The number of carbonyl (C=O) groups excluding carboxylic acids is 2. The molecule has 6 aliphatic rings. The van der Waals surface area contributed by atoms with Crippen molar-refractivity contribution in [2.24, 2.45) is 17.3 Å². The highest BCUT2D eigenvalue weighted by Gasteiger charge is 2.48. The molecule has 2 aromatic rings. The fraction of sp³-hybridized carbons (Fsp3) is 0.674. The van der Waals surface area contributed by atoms with Crippen molar-refractivity contribution in [2.75, 3.05) is 19.6 Å². The van der Waals surface area contributed by atoms with Crippen LogP contribution >= 0.6 is 0 Å². The van der Waals surface area contributed by atoms with Crippen molar-refractivity contribution in [3.05, 3.63) is 70.8 Å². The van der Waals surface area contributed by atoms with Gasteiger partial charge in [-0.05, 0) is 142 Å². The molecule has 0 aromatic heterocycles. The lowest BCUT2D eigenvalue weighted by atomic mass is 9.75. The van der Waals surface area contributed by atoms with Crippen molar-refractivity contribution in [1.29, 1.82) is 0 Å². The van der Waals surface area contributed by atoms with Gasteiger partial charge in [0.1, 0.15) is 0 Å². The molecule has 8 rings (SSSR count). The van der Waals surface area contributed by atoms with Crippen LogP contribution < -0.4 is 26.6 Å². The average Bonchev–Trinajstić information content (AvgIpc) is 3.92. The van der Waals surface area contributed by atoms with Gasteiger partial charge in [0.15, 0.2) is 0 Å². The smallest absolute Gasteiger partial charge is 0.315 e. The van der Waals surface area contributed by atoms with E-state index < -0.39 is 0 Å². The van der Waals surface area contributed by atoms with Crippen molar-refractivity contribution in [3.8, 4) is 0 Å². The molecule has 5 N–H and O–H groups in total. The largest absolute Gasteiger partial charge is 0.338 e. The zero-order valence-electron chi connectivity index (χ0n) is 31.2. The minimum absolute atomic E-state index is 0.0839. The molecule has 8 heteroatoms. The lowest BCUT2D eigenvalue weighted by Crippen LogP contribution is -2.50. The highest BCUT2D eigenvalue weighted by molar-refractivity contribution is 5.75. The van der Waals surface area contributed by atoms with Gasteiger partial charge in [0.05, 0.1) is 0 Å². The normalized spacial score (nSPS) is 32.3. The van der Waals surface area contributed by atoms with E-state index in [-0.39, 0.29) is 35.1 Å². The van der Waals surface area contributed by atoms with Crippen LogP contribution in [0.3, 0.4) is 0 Å². The first-order valence-corrected chi connectivity index (χ1v) is 20.6. The molecule has 4 heterocycles. The van der Waals surface area contributed by atoms with Crippen LogP contribution in [-0.4, -0.2) is 48.7 Å². The Labute approximate surface area is 306 Å². The Hall–Kier alpha value is -3.10. The zero-order valence-corrected chi connectivity index (χ0v) is 31.2. The summed E-state index contributed by atoms with van der Waals surface area (Å²) in [6, 6.07) is 20.3. The van der Waals surface area contributed by atoms with E-state index >= 15 is 0 Å². The summed E-state index contributed by atoms with van der Waals surface area (Å²) < 4.78 is 0. The molecular weight excluding hydrogens is 633 g/mol. The molecule has 276 valence electrons. The van der Waals surface area contributed by atoms with Gasteiger partial charge in [0.25, 0.3) is 0 Å². The molecule has 51 heavy (non-hydrogen) atoms. The van der Waals surface area contributed by atoms with Gasteiger partial charge in [-0.2, -0.15) is 0 Å². The van der Waals surface area contributed by atoms with Crippen LogP contribution in [0, 0.1) is 17.3 Å². The van der Waals surface area contributed by atoms with Crippen LogP contribution in [0.25, 0.3) is 0 Å². The minimum Gasteiger partial charge on any atom is -0.338 e. The number of urea groups is 2. The number of benzene rings is 2. The molecule has 0 unspecified atom stereocenters. The Morgan fingerprint density at radius 3 is 1.82 bits per heavy atom. The predicted molar refractivity (Wildman–Crippen MR) is 203 cm³/mol. The van der Waals surface area contributed by atoms with E-state index in [1.807, 2.05) is 0 Å². The van der Waals surface area contributed by atoms with Gasteiger partial charge < -0.3 is 26.6 Å². The third-order valence-electron chi connectivity index (χ3n) is 14.0. The summed E-state index contributed by atoms with van der Waals surface area (Å²) >= 11 is 0. The SMILES string of the molecule is CC(C)(CNC(=O)NC1CCC(CCN2[C@@H]3CC[C@H]2c2ccccc23)CC1)CNC(=O)NC1CCC(CC[C@]23CC[C@H](N2)c2ccccc23)CC1. The van der Waals surface area contributed by atoms with E-state index in [1.165, 1.54) is 82.7 Å². The third kappa shape index (κ3) is 7.55. The maximum Gasteiger partial charge on any atom is 0.315 e. The highest BCUT2D eigenvalue weighted by atomic mass is 16.2. The van der Waals surface area contributed by atoms with E-state index in [0.717, 1.165) is 37.5 Å². The fourth-order valence-electron chi connectivity index (χ4n) is 11.0. The third-order valence-corrected chi connectivity index (χ3v) is 14.0. The second-order valence-electron chi connectivity index (χ2n) is 18.0. The van der Waals surface area contributed by atoms with Gasteiger partial charge in [-0.3, -0.25) is 4.90 Å². The van der Waals surface area contributed by atoms with Crippen LogP contribution in [0.4, 0.5) is 9.59 Å². The summed E-state index contributed by atoms with van der Waals surface area (Å²) in [5.74, 6) is 1.50. The molecule has 4 fully saturated rings. The first kappa shape index (κ1) is 35.0. The van der Waals surface area contributed by atoms with E-state index in [4.69, 9.17) is 0 Å². The lowest BCUT2D eigenvalue weighted by molar-refractivity contribution is 0.184. The predicted octanol–water partition coefficient (Wildman–Crippen LogP) is 8.12. The van der Waals surface area contributed by atoms with Gasteiger partial charge >= 0.3 is 12.1 Å². The molecule has 2 saturated heterocycles. The number of hydrogen-bond acceptors (Lipinski definition) is 4. The quantitative estimate of drug-likeness (QED) is 0.155. The Kier molecular flexibility index (Phi) is 10.1. The summed E-state index contributed by atoms with van der Waals surface area (Å²) in [5.41, 5.74) is 6.17. The first-order valence-electron chi connectivity index (χ1n) is 20.6. The second-order valence-corrected chi connectivity index (χ2v) is 18.0. The molecule has 2 aromatic carbocycles. The lowest BCUT2D eigenvalue weighted by Gasteiger charge is -2.33. The Morgan fingerprint density at radius 2 is 1.24 bits per heavy atom. The van der Waals surface area contributed by atoms with Gasteiger partial charge in [0.2, 0.25) is 0 Å². The van der Waals surface area contributed by atoms with Gasteiger partial charge in [-0.25, -0.2) is 9.59 Å². The van der Waals surface area contributed by atoms with Gasteiger partial charge in [0, 0.05) is 48.8 Å². The average molecular weight is 695 g/mol. The molecule has 8 nitrogen and oxygen atoms in total. The highest BCUT2D eigenvalue weighted by Crippen LogP contribution is 2.54. The first-order chi connectivity index (χ1) is 24.8. The molecule has 4 atom stereocenters.